The molecule has 0 heterocycles. The average Bonchev–Trinajstić information content (AvgIpc) is 2.19. The molecule has 2 N–H and O–H groups in total. The number of rotatable bonds is 5. The summed E-state index contributed by atoms with van der Waals surface area (Å²) < 4.78 is 23.7. The summed E-state index contributed by atoms with van der Waals surface area (Å²) in [6, 6.07) is 9.26. The molecule has 0 radical (unpaired) electrons. The summed E-state index contributed by atoms with van der Waals surface area (Å²) in [5, 5.41) is 0. The molecule has 6 heteroatoms. The Morgan fingerprint density at radius 2 is 1.93 bits per heavy atom. The molecule has 0 atom stereocenters. The Morgan fingerprint density at radius 1 is 1.29 bits per heavy atom. The molecule has 1 aromatic rings. The molecule has 5 nitrogen and oxygen atoms in total. The fourth-order valence-corrected chi connectivity index (χ4v) is 1.10. The van der Waals surface area contributed by atoms with Gasteiger partial charge < -0.3 is 0 Å². The van der Waals surface area contributed by atoms with Crippen LogP contribution < -0.4 is 9.61 Å². The van der Waals surface area contributed by atoms with Crippen molar-refractivity contribution in [2.45, 2.75) is 6.61 Å². The van der Waals surface area contributed by atoms with Crippen LogP contribution in [-0.2, 0) is 21.7 Å². The summed E-state index contributed by atoms with van der Waals surface area (Å²) in [4.78, 5) is 6.69. The molecule has 0 saturated carbocycles. The van der Waals surface area contributed by atoms with Gasteiger partial charge in [0.15, 0.2) is 0 Å². The molecule has 1 rings (SSSR count). The van der Waals surface area contributed by atoms with Crippen molar-refractivity contribution in [1.29, 1.82) is 0 Å². The maximum atomic E-state index is 10.8. The second-order valence-electron chi connectivity index (χ2n) is 2.57. The SMILES string of the molecule is CNS(=O)(=O)NOCc1ccccc1. The second kappa shape index (κ2) is 5.06. The van der Waals surface area contributed by atoms with Crippen LogP contribution in [0.25, 0.3) is 0 Å². The van der Waals surface area contributed by atoms with Crippen molar-refractivity contribution in [2.24, 2.45) is 0 Å². The smallest absolute Gasteiger partial charge is 0.281 e. The van der Waals surface area contributed by atoms with Gasteiger partial charge in [0.2, 0.25) is 0 Å². The van der Waals surface area contributed by atoms with Crippen LogP contribution in [0.4, 0.5) is 0 Å². The van der Waals surface area contributed by atoms with E-state index in [2.05, 4.69) is 4.72 Å². The third-order valence-electron chi connectivity index (χ3n) is 1.52. The highest BCUT2D eigenvalue weighted by molar-refractivity contribution is 7.87. The molecule has 0 saturated heterocycles. The maximum absolute atomic E-state index is 10.8. The average molecular weight is 216 g/mol. The van der Waals surface area contributed by atoms with Crippen molar-refractivity contribution in [3.63, 3.8) is 0 Å². The van der Waals surface area contributed by atoms with Crippen molar-refractivity contribution >= 4 is 10.2 Å². The van der Waals surface area contributed by atoms with Gasteiger partial charge in [-0.15, -0.1) is 0 Å². The molecule has 78 valence electrons. The molecule has 0 aromatic heterocycles. The lowest BCUT2D eigenvalue weighted by molar-refractivity contribution is 0.0788. The van der Waals surface area contributed by atoms with Crippen LogP contribution in [0.3, 0.4) is 0 Å². The Balaban J connectivity index is 2.37. The molecule has 0 spiro atoms. The first kappa shape index (κ1) is 11.1. The van der Waals surface area contributed by atoms with Crippen molar-refractivity contribution in [1.82, 2.24) is 9.61 Å². The van der Waals surface area contributed by atoms with E-state index in [4.69, 9.17) is 4.84 Å². The van der Waals surface area contributed by atoms with Crippen molar-refractivity contribution in [2.75, 3.05) is 7.05 Å². The minimum atomic E-state index is -3.51. The lowest BCUT2D eigenvalue weighted by atomic mass is 10.2. The number of hydrogen-bond donors (Lipinski definition) is 2. The van der Waals surface area contributed by atoms with E-state index in [9.17, 15) is 8.42 Å². The van der Waals surface area contributed by atoms with E-state index in [0.29, 0.717) is 0 Å². The van der Waals surface area contributed by atoms with Gasteiger partial charge in [0.25, 0.3) is 10.2 Å². The summed E-state index contributed by atoms with van der Waals surface area (Å²) in [7, 11) is -2.21. The van der Waals surface area contributed by atoms with Crippen molar-refractivity contribution < 1.29 is 13.3 Å². The second-order valence-corrected chi connectivity index (χ2v) is 4.15. The van der Waals surface area contributed by atoms with Crippen LogP contribution >= 0.6 is 0 Å². The minimum absolute atomic E-state index is 0.196. The Hall–Kier alpha value is -0.950. The molecule has 0 bridgehead atoms. The third-order valence-corrected chi connectivity index (χ3v) is 2.39. The molecule has 0 fully saturated rings. The largest absolute Gasteiger partial charge is 0.298 e. The van der Waals surface area contributed by atoms with Gasteiger partial charge in [0.1, 0.15) is 0 Å². The van der Waals surface area contributed by atoms with Gasteiger partial charge in [0, 0.05) is 7.05 Å². The van der Waals surface area contributed by atoms with E-state index >= 15 is 0 Å². The zero-order chi connectivity index (χ0) is 10.4. The molecule has 0 aliphatic carbocycles. The summed E-state index contributed by atoms with van der Waals surface area (Å²) in [6.07, 6.45) is 0. The van der Waals surface area contributed by atoms with Crippen LogP contribution in [0.2, 0.25) is 0 Å². The predicted molar refractivity (Wildman–Crippen MR) is 52.3 cm³/mol. The molecule has 1 aromatic carbocycles. The van der Waals surface area contributed by atoms with Crippen molar-refractivity contribution in [3.05, 3.63) is 35.9 Å². The number of hydrogen-bond acceptors (Lipinski definition) is 3. The molecule has 0 unspecified atom stereocenters. The Morgan fingerprint density at radius 3 is 2.50 bits per heavy atom. The maximum Gasteiger partial charge on any atom is 0.298 e. The monoisotopic (exact) mass is 216 g/mol. The standard InChI is InChI=1S/C8H12N2O3S/c1-9-14(11,12)10-13-7-8-5-3-2-4-6-8/h2-6,9-10H,7H2,1H3. The minimum Gasteiger partial charge on any atom is -0.281 e. The zero-order valence-electron chi connectivity index (χ0n) is 7.73. The predicted octanol–water partition coefficient (Wildman–Crippen LogP) is 0.172. The number of nitrogens with one attached hydrogen (secondary N) is 2. The van der Waals surface area contributed by atoms with Crippen LogP contribution in [0, 0.1) is 0 Å². The topological polar surface area (TPSA) is 67.4 Å². The van der Waals surface area contributed by atoms with Gasteiger partial charge in [-0.1, -0.05) is 35.2 Å². The van der Waals surface area contributed by atoms with Gasteiger partial charge in [0.05, 0.1) is 6.61 Å². The summed E-state index contributed by atoms with van der Waals surface area (Å²) in [6.45, 7) is 0.196. The van der Waals surface area contributed by atoms with Crippen LogP contribution in [0.15, 0.2) is 30.3 Å². The van der Waals surface area contributed by atoms with Gasteiger partial charge in [-0.25, -0.2) is 4.72 Å². The van der Waals surface area contributed by atoms with Crippen LogP contribution in [0.1, 0.15) is 5.56 Å². The highest BCUT2D eigenvalue weighted by atomic mass is 32.2. The quantitative estimate of drug-likeness (QED) is 0.689. The lowest BCUT2D eigenvalue weighted by Crippen LogP contribution is -2.33. The lowest BCUT2D eigenvalue weighted by Gasteiger charge is -2.05. The first-order chi connectivity index (χ1) is 6.64. The molecule has 0 aliphatic heterocycles. The fraction of sp³-hybridized carbons (Fsp3) is 0.250. The fourth-order valence-electron chi connectivity index (χ4n) is 0.806. The molecular weight excluding hydrogens is 204 g/mol. The van der Waals surface area contributed by atoms with E-state index in [0.717, 1.165) is 5.56 Å². The summed E-state index contributed by atoms with van der Waals surface area (Å²) in [5.74, 6) is 0. The zero-order valence-corrected chi connectivity index (χ0v) is 8.54. The Labute approximate surface area is 83.2 Å². The first-order valence-electron chi connectivity index (χ1n) is 4.00. The summed E-state index contributed by atoms with van der Waals surface area (Å²) >= 11 is 0. The van der Waals surface area contributed by atoms with E-state index in [-0.39, 0.29) is 6.61 Å². The number of benzene rings is 1. The van der Waals surface area contributed by atoms with E-state index in [1.165, 1.54) is 7.05 Å². The summed E-state index contributed by atoms with van der Waals surface area (Å²) in [5.41, 5.74) is 0.895. The molecule has 0 aliphatic rings. The van der Waals surface area contributed by atoms with Gasteiger partial charge >= 0.3 is 0 Å². The van der Waals surface area contributed by atoms with Crippen LogP contribution in [0.5, 0.6) is 0 Å². The van der Waals surface area contributed by atoms with E-state index in [1.807, 2.05) is 35.2 Å². The highest BCUT2D eigenvalue weighted by Gasteiger charge is 2.04. The molecular formula is C8H12N2O3S. The highest BCUT2D eigenvalue weighted by Crippen LogP contribution is 1.98. The third kappa shape index (κ3) is 3.84. The normalized spacial score (nSPS) is 11.5. The van der Waals surface area contributed by atoms with Gasteiger partial charge in [-0.2, -0.15) is 8.42 Å². The van der Waals surface area contributed by atoms with Crippen LogP contribution in [-0.4, -0.2) is 15.5 Å². The van der Waals surface area contributed by atoms with E-state index in [1.54, 1.807) is 0 Å². The molecule has 0 amide bonds. The first-order valence-corrected chi connectivity index (χ1v) is 5.48. The Bertz CT molecular complexity index is 363. The van der Waals surface area contributed by atoms with Crippen molar-refractivity contribution in [3.8, 4) is 0 Å². The molecule has 14 heavy (non-hydrogen) atoms. The Kier molecular flexibility index (Phi) is 4.02. The van der Waals surface area contributed by atoms with Gasteiger partial charge in [-0.3, -0.25) is 4.84 Å². The van der Waals surface area contributed by atoms with E-state index < -0.39 is 10.2 Å². The van der Waals surface area contributed by atoms with Gasteiger partial charge in [-0.05, 0) is 5.56 Å².